The highest BCUT2D eigenvalue weighted by atomic mass is 15.3. The van der Waals surface area contributed by atoms with Gasteiger partial charge in [-0.25, -0.2) is 0 Å². The highest BCUT2D eigenvalue weighted by molar-refractivity contribution is 5.25. The van der Waals surface area contributed by atoms with Gasteiger partial charge in [0.1, 0.15) is 0 Å². The van der Waals surface area contributed by atoms with Crippen molar-refractivity contribution in [3.8, 4) is 6.07 Å². The molecule has 0 atom stereocenters. The van der Waals surface area contributed by atoms with Gasteiger partial charge in [0, 0.05) is 24.1 Å². The summed E-state index contributed by atoms with van der Waals surface area (Å²) in [5, 5.41) is 13.4. The number of hydrogen-bond acceptors (Lipinski definition) is 3. The minimum atomic E-state index is 0.206. The van der Waals surface area contributed by atoms with E-state index in [0.29, 0.717) is 13.0 Å². The van der Waals surface area contributed by atoms with Crippen molar-refractivity contribution in [3.05, 3.63) is 17.0 Å². The van der Waals surface area contributed by atoms with Crippen LogP contribution < -0.4 is 5.73 Å². The lowest BCUT2D eigenvalue weighted by molar-refractivity contribution is 0.398. The van der Waals surface area contributed by atoms with Crippen molar-refractivity contribution < 1.29 is 0 Å². The van der Waals surface area contributed by atoms with Crippen LogP contribution in [0.15, 0.2) is 0 Å². The molecule has 0 unspecified atom stereocenters. The molecular weight excluding hydrogens is 212 g/mol. The van der Waals surface area contributed by atoms with Crippen molar-refractivity contribution in [1.82, 2.24) is 9.78 Å². The molecule has 2 rings (SSSR count). The summed E-state index contributed by atoms with van der Waals surface area (Å²) in [6.07, 6.45) is 3.86. The normalized spacial score (nSPS) is 16.8. The van der Waals surface area contributed by atoms with E-state index < -0.39 is 0 Å². The van der Waals surface area contributed by atoms with Gasteiger partial charge in [0.25, 0.3) is 0 Å². The molecule has 0 amide bonds. The number of nitrogens with zero attached hydrogens (tertiary/aromatic N) is 3. The molecule has 1 aromatic heterocycles. The third kappa shape index (κ3) is 2.34. The summed E-state index contributed by atoms with van der Waals surface area (Å²) < 4.78 is 2.07. The average molecular weight is 232 g/mol. The molecule has 1 saturated carbocycles. The number of rotatable bonds is 5. The van der Waals surface area contributed by atoms with Gasteiger partial charge in [0.15, 0.2) is 0 Å². The first-order valence-electron chi connectivity index (χ1n) is 6.22. The first-order chi connectivity index (χ1) is 8.12. The molecule has 1 heterocycles. The van der Waals surface area contributed by atoms with Crippen molar-refractivity contribution in [2.75, 3.05) is 6.54 Å². The predicted octanol–water partition coefficient (Wildman–Crippen LogP) is 1.70. The molecule has 2 N–H and O–H groups in total. The Morgan fingerprint density at radius 2 is 2.18 bits per heavy atom. The van der Waals surface area contributed by atoms with Gasteiger partial charge >= 0.3 is 0 Å². The van der Waals surface area contributed by atoms with Crippen molar-refractivity contribution in [1.29, 1.82) is 5.26 Å². The van der Waals surface area contributed by atoms with Gasteiger partial charge in [0.05, 0.1) is 11.8 Å². The summed E-state index contributed by atoms with van der Waals surface area (Å²) in [7, 11) is 0. The second-order valence-electron chi connectivity index (χ2n) is 5.18. The largest absolute Gasteiger partial charge is 0.330 e. The maximum Gasteiger partial charge on any atom is 0.0628 e. The van der Waals surface area contributed by atoms with Crippen LogP contribution in [0.25, 0.3) is 0 Å². The quantitative estimate of drug-likeness (QED) is 0.840. The fourth-order valence-electron chi connectivity index (χ4n) is 2.45. The monoisotopic (exact) mass is 232 g/mol. The van der Waals surface area contributed by atoms with Gasteiger partial charge in [-0.3, -0.25) is 4.68 Å². The molecule has 4 nitrogen and oxygen atoms in total. The molecule has 1 aromatic rings. The van der Waals surface area contributed by atoms with Crippen LogP contribution in [0.5, 0.6) is 0 Å². The van der Waals surface area contributed by atoms with E-state index in [0.717, 1.165) is 31.5 Å². The Kier molecular flexibility index (Phi) is 3.21. The average Bonchev–Trinajstić information content (AvgIpc) is 2.99. The van der Waals surface area contributed by atoms with E-state index in [9.17, 15) is 0 Å². The molecule has 1 aliphatic carbocycles. The minimum Gasteiger partial charge on any atom is -0.330 e. The van der Waals surface area contributed by atoms with Crippen LogP contribution in [0.4, 0.5) is 0 Å². The highest BCUT2D eigenvalue weighted by Crippen LogP contribution is 2.50. The highest BCUT2D eigenvalue weighted by Gasteiger charge is 2.43. The van der Waals surface area contributed by atoms with E-state index >= 15 is 0 Å². The molecule has 0 aromatic carbocycles. The summed E-state index contributed by atoms with van der Waals surface area (Å²) in [5.74, 6) is 0. The summed E-state index contributed by atoms with van der Waals surface area (Å²) in [5.41, 5.74) is 9.40. The first-order valence-corrected chi connectivity index (χ1v) is 6.22. The Bertz CT molecular complexity index is 449. The SMILES string of the molecule is Cc1nn(CC2(CC#N)CC2)c(C)c1CCN. The molecule has 17 heavy (non-hydrogen) atoms. The molecule has 1 aliphatic rings. The Morgan fingerprint density at radius 3 is 2.71 bits per heavy atom. The molecule has 0 spiro atoms. The van der Waals surface area contributed by atoms with E-state index in [1.165, 1.54) is 11.3 Å². The number of nitrogens with two attached hydrogens (primary N) is 1. The number of aromatic nitrogens is 2. The Morgan fingerprint density at radius 1 is 1.47 bits per heavy atom. The van der Waals surface area contributed by atoms with Gasteiger partial charge in [-0.2, -0.15) is 10.4 Å². The molecule has 0 radical (unpaired) electrons. The number of aryl methyl sites for hydroxylation is 1. The number of nitriles is 1. The van der Waals surface area contributed by atoms with Gasteiger partial charge in [-0.1, -0.05) is 0 Å². The maximum absolute atomic E-state index is 8.84. The summed E-state index contributed by atoms with van der Waals surface area (Å²) in [6.45, 7) is 5.69. The van der Waals surface area contributed by atoms with Crippen LogP contribution in [0, 0.1) is 30.6 Å². The Hall–Kier alpha value is -1.34. The predicted molar refractivity (Wildman–Crippen MR) is 66.4 cm³/mol. The van der Waals surface area contributed by atoms with Crippen LogP contribution in [-0.2, 0) is 13.0 Å². The maximum atomic E-state index is 8.84. The number of hydrogen-bond donors (Lipinski definition) is 1. The van der Waals surface area contributed by atoms with Crippen LogP contribution >= 0.6 is 0 Å². The minimum absolute atomic E-state index is 0.206. The lowest BCUT2D eigenvalue weighted by Crippen LogP contribution is -2.14. The smallest absolute Gasteiger partial charge is 0.0628 e. The first kappa shape index (κ1) is 12.1. The van der Waals surface area contributed by atoms with Gasteiger partial charge < -0.3 is 5.73 Å². The Balaban J connectivity index is 2.17. The molecule has 92 valence electrons. The fourth-order valence-corrected chi connectivity index (χ4v) is 2.45. The van der Waals surface area contributed by atoms with Crippen molar-refractivity contribution in [3.63, 3.8) is 0 Å². The third-order valence-corrected chi connectivity index (χ3v) is 3.82. The van der Waals surface area contributed by atoms with Crippen molar-refractivity contribution in [2.24, 2.45) is 11.1 Å². The van der Waals surface area contributed by atoms with E-state index in [2.05, 4.69) is 22.8 Å². The molecule has 0 bridgehead atoms. The van der Waals surface area contributed by atoms with E-state index in [1.807, 2.05) is 6.92 Å². The Labute approximate surface area is 102 Å². The molecule has 0 aliphatic heterocycles. The van der Waals surface area contributed by atoms with Gasteiger partial charge in [0.2, 0.25) is 0 Å². The molecule has 0 saturated heterocycles. The molecule has 4 heteroatoms. The van der Waals surface area contributed by atoms with E-state index in [1.54, 1.807) is 0 Å². The zero-order chi connectivity index (χ0) is 12.5. The standard InChI is InChI=1S/C13H20N4/c1-10-12(3-7-14)11(2)17(16-10)9-13(4-5-13)6-8-15/h3-7,9,14H2,1-2H3. The zero-order valence-corrected chi connectivity index (χ0v) is 10.7. The van der Waals surface area contributed by atoms with E-state index in [-0.39, 0.29) is 5.41 Å². The summed E-state index contributed by atoms with van der Waals surface area (Å²) >= 11 is 0. The van der Waals surface area contributed by atoms with Crippen LogP contribution in [0.3, 0.4) is 0 Å². The van der Waals surface area contributed by atoms with Crippen LogP contribution in [-0.4, -0.2) is 16.3 Å². The zero-order valence-electron chi connectivity index (χ0n) is 10.7. The lowest BCUT2D eigenvalue weighted by Gasteiger charge is -2.12. The molecule has 1 fully saturated rings. The second-order valence-corrected chi connectivity index (χ2v) is 5.18. The lowest BCUT2D eigenvalue weighted by atomic mass is 10.0. The second kappa shape index (κ2) is 4.50. The van der Waals surface area contributed by atoms with E-state index in [4.69, 9.17) is 11.0 Å². The topological polar surface area (TPSA) is 67.6 Å². The van der Waals surface area contributed by atoms with Crippen LogP contribution in [0.1, 0.15) is 36.2 Å². The van der Waals surface area contributed by atoms with Gasteiger partial charge in [-0.15, -0.1) is 0 Å². The summed E-state index contributed by atoms with van der Waals surface area (Å²) in [4.78, 5) is 0. The third-order valence-electron chi connectivity index (χ3n) is 3.82. The van der Waals surface area contributed by atoms with Crippen molar-refractivity contribution in [2.45, 2.75) is 46.1 Å². The molecular formula is C13H20N4. The summed E-state index contributed by atoms with van der Waals surface area (Å²) in [6, 6.07) is 2.30. The van der Waals surface area contributed by atoms with Crippen LogP contribution in [0.2, 0.25) is 0 Å². The van der Waals surface area contributed by atoms with Crippen molar-refractivity contribution >= 4 is 0 Å². The fraction of sp³-hybridized carbons (Fsp3) is 0.692. The van der Waals surface area contributed by atoms with Gasteiger partial charge in [-0.05, 0) is 45.2 Å².